The van der Waals surface area contributed by atoms with Crippen LogP contribution in [0.4, 0.5) is 13.2 Å². The highest BCUT2D eigenvalue weighted by atomic mass is 32.1. The Balaban J connectivity index is 2.41. The molecule has 0 aromatic carbocycles. The minimum atomic E-state index is -4.90. The van der Waals surface area contributed by atoms with Crippen LogP contribution in [-0.2, 0) is 0 Å². The van der Waals surface area contributed by atoms with E-state index in [9.17, 15) is 18.3 Å². The van der Waals surface area contributed by atoms with E-state index >= 15 is 0 Å². The maximum atomic E-state index is 12.9. The third kappa shape index (κ3) is 1.98. The van der Waals surface area contributed by atoms with Gasteiger partial charge in [-0.15, -0.1) is 11.3 Å². The Hall–Kier alpha value is -1.19. The van der Waals surface area contributed by atoms with E-state index in [0.717, 1.165) is 0 Å². The molecule has 0 aliphatic carbocycles. The topological polar surface area (TPSA) is 61.8 Å². The molecule has 1 atom stereocenters. The van der Waals surface area contributed by atoms with Gasteiger partial charge < -0.3 is 10.8 Å². The first-order valence-electron chi connectivity index (χ1n) is 4.76. The molecule has 4 nitrogen and oxygen atoms in total. The fraction of sp³-hybridized carbons (Fsp3) is 0.333. The fourth-order valence-corrected chi connectivity index (χ4v) is 2.48. The molecule has 1 aliphatic rings. The molecular formula is C9H8F3N3OS2. The average Bonchev–Trinajstić information content (AvgIpc) is 2.82. The highest BCUT2D eigenvalue weighted by Gasteiger charge is 2.62. The van der Waals surface area contributed by atoms with E-state index in [1.165, 1.54) is 11.3 Å². The van der Waals surface area contributed by atoms with Crippen LogP contribution in [0.25, 0.3) is 0 Å². The van der Waals surface area contributed by atoms with Gasteiger partial charge in [0.1, 0.15) is 0 Å². The van der Waals surface area contributed by atoms with Crippen molar-refractivity contribution in [3.8, 4) is 0 Å². The van der Waals surface area contributed by atoms with E-state index in [1.54, 1.807) is 17.5 Å². The maximum absolute atomic E-state index is 12.9. The Morgan fingerprint density at radius 3 is 2.67 bits per heavy atom. The summed E-state index contributed by atoms with van der Waals surface area (Å²) in [5, 5.41) is 14.8. The molecular weight excluding hydrogens is 287 g/mol. The first-order valence-corrected chi connectivity index (χ1v) is 6.04. The van der Waals surface area contributed by atoms with Crippen molar-refractivity contribution in [2.45, 2.75) is 18.3 Å². The summed E-state index contributed by atoms with van der Waals surface area (Å²) >= 11 is 5.72. The van der Waals surface area contributed by atoms with Crippen LogP contribution in [0.1, 0.15) is 11.3 Å². The molecule has 9 heteroatoms. The van der Waals surface area contributed by atoms with Gasteiger partial charge >= 0.3 is 6.18 Å². The molecule has 18 heavy (non-hydrogen) atoms. The lowest BCUT2D eigenvalue weighted by Crippen LogP contribution is -2.57. The Bertz CT molecular complexity index is 500. The number of hydrogen-bond acceptors (Lipinski definition) is 4. The van der Waals surface area contributed by atoms with Crippen molar-refractivity contribution in [1.82, 2.24) is 5.01 Å². The molecule has 1 aromatic rings. The van der Waals surface area contributed by atoms with Crippen molar-refractivity contribution in [2.75, 3.05) is 0 Å². The van der Waals surface area contributed by atoms with Gasteiger partial charge in [-0.25, -0.2) is 0 Å². The molecule has 1 aromatic heterocycles. The summed E-state index contributed by atoms with van der Waals surface area (Å²) in [6.07, 6.45) is -5.60. The molecule has 0 bridgehead atoms. The van der Waals surface area contributed by atoms with Gasteiger partial charge in [-0.3, -0.25) is 0 Å². The summed E-state index contributed by atoms with van der Waals surface area (Å²) in [6, 6.07) is 3.29. The molecule has 0 saturated carbocycles. The Morgan fingerprint density at radius 1 is 1.61 bits per heavy atom. The molecule has 0 saturated heterocycles. The Morgan fingerprint density at radius 2 is 2.28 bits per heavy atom. The zero-order valence-corrected chi connectivity index (χ0v) is 10.4. The minimum Gasteiger partial charge on any atom is -0.375 e. The molecule has 2 heterocycles. The highest BCUT2D eigenvalue weighted by molar-refractivity contribution is 7.80. The maximum Gasteiger partial charge on any atom is 0.438 e. The van der Waals surface area contributed by atoms with Crippen molar-refractivity contribution < 1.29 is 18.3 Å². The monoisotopic (exact) mass is 295 g/mol. The molecule has 0 fully saturated rings. The average molecular weight is 295 g/mol. The van der Waals surface area contributed by atoms with Crippen LogP contribution in [0, 0.1) is 0 Å². The zero-order valence-electron chi connectivity index (χ0n) is 8.81. The SMILES string of the molecule is NC(=S)N1N=C(c2cccs2)CC1(O)C(F)(F)F. The van der Waals surface area contributed by atoms with Crippen LogP contribution in [0.2, 0.25) is 0 Å². The van der Waals surface area contributed by atoms with Gasteiger partial charge in [-0.05, 0) is 23.7 Å². The summed E-state index contributed by atoms with van der Waals surface area (Å²) < 4.78 is 38.7. The van der Waals surface area contributed by atoms with Crippen molar-refractivity contribution >= 4 is 34.4 Å². The van der Waals surface area contributed by atoms with Gasteiger partial charge in [0, 0.05) is 0 Å². The van der Waals surface area contributed by atoms with Gasteiger partial charge in [0.05, 0.1) is 17.0 Å². The molecule has 98 valence electrons. The molecule has 0 radical (unpaired) electrons. The van der Waals surface area contributed by atoms with Crippen LogP contribution in [0.3, 0.4) is 0 Å². The number of nitrogens with two attached hydrogens (primary N) is 1. The van der Waals surface area contributed by atoms with Crippen LogP contribution < -0.4 is 5.73 Å². The first kappa shape index (κ1) is 13.2. The second-order valence-electron chi connectivity index (χ2n) is 3.67. The van der Waals surface area contributed by atoms with E-state index in [0.29, 0.717) is 4.88 Å². The molecule has 1 unspecified atom stereocenters. The van der Waals surface area contributed by atoms with Gasteiger partial charge in [0.15, 0.2) is 5.11 Å². The van der Waals surface area contributed by atoms with Gasteiger partial charge in [-0.2, -0.15) is 23.3 Å². The quantitative estimate of drug-likeness (QED) is 0.773. The van der Waals surface area contributed by atoms with E-state index < -0.39 is 23.4 Å². The predicted octanol–water partition coefficient (Wildman–Crippen LogP) is 1.65. The highest BCUT2D eigenvalue weighted by Crippen LogP contribution is 2.41. The van der Waals surface area contributed by atoms with Crippen LogP contribution in [0.5, 0.6) is 0 Å². The van der Waals surface area contributed by atoms with Crippen molar-refractivity contribution in [3.05, 3.63) is 22.4 Å². The number of thiocarbonyl (C=S) groups is 1. The molecule has 2 rings (SSSR count). The zero-order chi connectivity index (χ0) is 13.6. The predicted molar refractivity (Wildman–Crippen MR) is 65.1 cm³/mol. The standard InChI is InChI=1S/C9H8F3N3OS2/c10-9(11,12)8(16)4-5(6-2-1-3-18-6)14-15(8)7(13)17/h1-3,16H,4H2,(H2,13,17). The van der Waals surface area contributed by atoms with Gasteiger partial charge in [0.25, 0.3) is 5.72 Å². The second kappa shape index (κ2) is 4.18. The molecule has 0 spiro atoms. The number of thiophene rings is 1. The summed E-state index contributed by atoms with van der Waals surface area (Å²) in [7, 11) is 0. The third-order valence-corrected chi connectivity index (χ3v) is 3.55. The Kier molecular flexibility index (Phi) is 3.07. The van der Waals surface area contributed by atoms with Crippen LogP contribution >= 0.6 is 23.6 Å². The van der Waals surface area contributed by atoms with Gasteiger partial charge in [-0.1, -0.05) is 6.07 Å². The second-order valence-corrected chi connectivity index (χ2v) is 5.03. The number of halogens is 3. The summed E-state index contributed by atoms with van der Waals surface area (Å²) in [6.45, 7) is 0. The van der Waals surface area contributed by atoms with E-state index in [-0.39, 0.29) is 10.7 Å². The number of aliphatic hydroxyl groups is 1. The number of hydrazone groups is 1. The Labute approximate surface area is 110 Å². The third-order valence-electron chi connectivity index (χ3n) is 2.45. The number of alkyl halides is 3. The lowest BCUT2D eigenvalue weighted by Gasteiger charge is -2.32. The molecule has 3 N–H and O–H groups in total. The summed E-state index contributed by atoms with van der Waals surface area (Å²) in [4.78, 5) is 0.538. The fourth-order valence-electron chi connectivity index (χ4n) is 1.58. The van der Waals surface area contributed by atoms with Crippen molar-refractivity contribution in [2.24, 2.45) is 10.8 Å². The molecule has 1 aliphatic heterocycles. The lowest BCUT2D eigenvalue weighted by molar-refractivity contribution is -0.294. The smallest absolute Gasteiger partial charge is 0.375 e. The first-order chi connectivity index (χ1) is 8.25. The largest absolute Gasteiger partial charge is 0.438 e. The van der Waals surface area contributed by atoms with Crippen molar-refractivity contribution in [1.29, 1.82) is 0 Å². The molecule has 0 amide bonds. The van der Waals surface area contributed by atoms with E-state index in [2.05, 4.69) is 17.3 Å². The van der Waals surface area contributed by atoms with E-state index in [1.807, 2.05) is 0 Å². The number of rotatable bonds is 1. The number of hydrogen-bond donors (Lipinski definition) is 2. The summed E-state index contributed by atoms with van der Waals surface area (Å²) in [5.41, 5.74) is 2.12. The lowest BCUT2D eigenvalue weighted by atomic mass is 10.1. The van der Waals surface area contributed by atoms with Crippen LogP contribution in [0.15, 0.2) is 22.6 Å². The number of nitrogens with zero attached hydrogens (tertiary/aromatic N) is 2. The van der Waals surface area contributed by atoms with Crippen molar-refractivity contribution in [3.63, 3.8) is 0 Å². The minimum absolute atomic E-state index is 0.109. The summed E-state index contributed by atoms with van der Waals surface area (Å²) in [5.74, 6) is 0. The normalized spacial score (nSPS) is 24.2. The van der Waals surface area contributed by atoms with E-state index in [4.69, 9.17) is 5.73 Å². The van der Waals surface area contributed by atoms with Crippen LogP contribution in [-0.4, -0.2) is 32.8 Å². The van der Waals surface area contributed by atoms with Gasteiger partial charge in [0.2, 0.25) is 0 Å².